The van der Waals surface area contributed by atoms with E-state index in [4.69, 9.17) is 5.11 Å². The van der Waals surface area contributed by atoms with E-state index in [1.165, 1.54) is 4.90 Å². The summed E-state index contributed by atoms with van der Waals surface area (Å²) in [6.07, 6.45) is 3.26. The highest BCUT2D eigenvalue weighted by molar-refractivity contribution is 5.82. The summed E-state index contributed by atoms with van der Waals surface area (Å²) in [5.41, 5.74) is 0. The molecule has 0 aromatic rings. The van der Waals surface area contributed by atoms with Crippen molar-refractivity contribution < 1.29 is 14.7 Å². The standard InChI is InChI=1S/C12H22N2O3/c1-3-8-13(4-2)12(17)14-9-6-5-7-10(14)11(15)16/h10H,3-9H2,1-2H3,(H,15,16). The molecular weight excluding hydrogens is 220 g/mol. The number of amides is 2. The third-order valence-corrected chi connectivity index (χ3v) is 3.18. The Labute approximate surface area is 102 Å². The number of carboxylic acids is 1. The van der Waals surface area contributed by atoms with Crippen LogP contribution in [0.2, 0.25) is 0 Å². The molecule has 1 aliphatic rings. The molecule has 0 aromatic carbocycles. The number of carbonyl (C=O) groups is 2. The van der Waals surface area contributed by atoms with Gasteiger partial charge in [-0.15, -0.1) is 0 Å². The molecule has 98 valence electrons. The van der Waals surface area contributed by atoms with E-state index in [1.807, 2.05) is 13.8 Å². The molecule has 0 spiro atoms. The van der Waals surface area contributed by atoms with Gasteiger partial charge in [-0.25, -0.2) is 9.59 Å². The van der Waals surface area contributed by atoms with Crippen LogP contribution in [0.3, 0.4) is 0 Å². The van der Waals surface area contributed by atoms with Gasteiger partial charge in [-0.1, -0.05) is 6.92 Å². The van der Waals surface area contributed by atoms with Crippen LogP contribution < -0.4 is 0 Å². The number of piperidine rings is 1. The van der Waals surface area contributed by atoms with E-state index in [-0.39, 0.29) is 6.03 Å². The Morgan fingerprint density at radius 1 is 1.35 bits per heavy atom. The lowest BCUT2D eigenvalue weighted by molar-refractivity contribution is -0.143. The molecule has 1 heterocycles. The number of hydrogen-bond acceptors (Lipinski definition) is 2. The Balaban J connectivity index is 2.73. The average Bonchev–Trinajstić information content (AvgIpc) is 2.35. The lowest BCUT2D eigenvalue weighted by Crippen LogP contribution is -2.53. The van der Waals surface area contributed by atoms with Gasteiger partial charge >= 0.3 is 12.0 Å². The molecule has 17 heavy (non-hydrogen) atoms. The first-order valence-electron chi connectivity index (χ1n) is 6.40. The number of rotatable bonds is 4. The quantitative estimate of drug-likeness (QED) is 0.817. The van der Waals surface area contributed by atoms with Crippen LogP contribution in [0.4, 0.5) is 4.79 Å². The van der Waals surface area contributed by atoms with Crippen molar-refractivity contribution in [1.82, 2.24) is 9.80 Å². The van der Waals surface area contributed by atoms with Gasteiger partial charge in [-0.2, -0.15) is 0 Å². The summed E-state index contributed by atoms with van der Waals surface area (Å²) in [6.45, 7) is 5.83. The van der Waals surface area contributed by atoms with Gasteiger partial charge in [-0.05, 0) is 32.6 Å². The summed E-state index contributed by atoms with van der Waals surface area (Å²) < 4.78 is 0. The minimum Gasteiger partial charge on any atom is -0.480 e. The minimum absolute atomic E-state index is 0.124. The normalized spacial score (nSPS) is 20.1. The summed E-state index contributed by atoms with van der Waals surface area (Å²) in [7, 11) is 0. The second-order valence-electron chi connectivity index (χ2n) is 4.41. The SMILES string of the molecule is CCCN(CC)C(=O)N1CCCCC1C(=O)O. The molecule has 0 bridgehead atoms. The summed E-state index contributed by atoms with van der Waals surface area (Å²) in [4.78, 5) is 26.6. The number of carbonyl (C=O) groups excluding carboxylic acids is 1. The number of nitrogens with zero attached hydrogens (tertiary/aromatic N) is 2. The number of urea groups is 1. The van der Waals surface area contributed by atoms with Gasteiger partial charge in [0.05, 0.1) is 0 Å². The van der Waals surface area contributed by atoms with Gasteiger partial charge in [0.1, 0.15) is 6.04 Å². The predicted molar refractivity (Wildman–Crippen MR) is 64.9 cm³/mol. The number of likely N-dealkylation sites (tertiary alicyclic amines) is 1. The number of hydrogen-bond donors (Lipinski definition) is 1. The molecule has 0 aliphatic carbocycles. The van der Waals surface area contributed by atoms with Crippen molar-refractivity contribution in [3.8, 4) is 0 Å². The van der Waals surface area contributed by atoms with E-state index in [0.29, 0.717) is 26.1 Å². The first-order chi connectivity index (χ1) is 8.11. The summed E-state index contributed by atoms with van der Waals surface area (Å²) >= 11 is 0. The lowest BCUT2D eigenvalue weighted by Gasteiger charge is -2.36. The molecule has 0 radical (unpaired) electrons. The molecule has 0 aromatic heterocycles. The van der Waals surface area contributed by atoms with Crippen LogP contribution in [-0.4, -0.2) is 52.6 Å². The molecule has 1 atom stereocenters. The van der Waals surface area contributed by atoms with Crippen molar-refractivity contribution >= 4 is 12.0 Å². The molecule has 1 saturated heterocycles. The molecular formula is C12H22N2O3. The van der Waals surface area contributed by atoms with E-state index in [9.17, 15) is 9.59 Å². The second-order valence-corrected chi connectivity index (χ2v) is 4.41. The molecule has 1 unspecified atom stereocenters. The van der Waals surface area contributed by atoms with Gasteiger partial charge in [0.15, 0.2) is 0 Å². The van der Waals surface area contributed by atoms with Crippen molar-refractivity contribution in [2.75, 3.05) is 19.6 Å². The predicted octanol–water partition coefficient (Wildman–Crippen LogP) is 1.78. The van der Waals surface area contributed by atoms with E-state index in [0.717, 1.165) is 19.3 Å². The van der Waals surface area contributed by atoms with Crippen LogP contribution in [0.5, 0.6) is 0 Å². The van der Waals surface area contributed by atoms with E-state index in [1.54, 1.807) is 4.90 Å². The molecule has 1 fully saturated rings. The smallest absolute Gasteiger partial charge is 0.326 e. The maximum absolute atomic E-state index is 12.2. The molecule has 5 nitrogen and oxygen atoms in total. The summed E-state index contributed by atoms with van der Waals surface area (Å²) in [6, 6.07) is -0.761. The fourth-order valence-electron chi connectivity index (χ4n) is 2.26. The highest BCUT2D eigenvalue weighted by Gasteiger charge is 2.33. The first kappa shape index (κ1) is 13.8. The van der Waals surface area contributed by atoms with Gasteiger partial charge in [0.2, 0.25) is 0 Å². The zero-order chi connectivity index (χ0) is 12.8. The monoisotopic (exact) mass is 242 g/mol. The topological polar surface area (TPSA) is 60.9 Å². The Morgan fingerprint density at radius 3 is 2.59 bits per heavy atom. The van der Waals surface area contributed by atoms with Crippen LogP contribution >= 0.6 is 0 Å². The summed E-state index contributed by atoms with van der Waals surface area (Å²) in [5, 5.41) is 9.13. The van der Waals surface area contributed by atoms with E-state index in [2.05, 4.69) is 0 Å². The van der Waals surface area contributed by atoms with E-state index < -0.39 is 12.0 Å². The third-order valence-electron chi connectivity index (χ3n) is 3.18. The van der Waals surface area contributed by atoms with Crippen LogP contribution in [-0.2, 0) is 4.79 Å². The minimum atomic E-state index is -0.884. The first-order valence-corrected chi connectivity index (χ1v) is 6.40. The largest absolute Gasteiger partial charge is 0.480 e. The molecule has 1 rings (SSSR count). The fraction of sp³-hybridized carbons (Fsp3) is 0.833. The zero-order valence-electron chi connectivity index (χ0n) is 10.7. The van der Waals surface area contributed by atoms with Crippen molar-refractivity contribution in [3.63, 3.8) is 0 Å². The number of aliphatic carboxylic acids is 1. The van der Waals surface area contributed by atoms with E-state index >= 15 is 0 Å². The summed E-state index contributed by atoms with van der Waals surface area (Å²) in [5.74, 6) is -0.884. The highest BCUT2D eigenvalue weighted by Crippen LogP contribution is 2.19. The van der Waals surface area contributed by atoms with Gasteiger partial charge < -0.3 is 14.9 Å². The van der Waals surface area contributed by atoms with Crippen molar-refractivity contribution in [2.24, 2.45) is 0 Å². The third kappa shape index (κ3) is 3.35. The van der Waals surface area contributed by atoms with Gasteiger partial charge in [0.25, 0.3) is 0 Å². The Morgan fingerprint density at radius 2 is 2.06 bits per heavy atom. The van der Waals surface area contributed by atoms with Crippen LogP contribution in [0.25, 0.3) is 0 Å². The van der Waals surface area contributed by atoms with Gasteiger partial charge in [-0.3, -0.25) is 0 Å². The Hall–Kier alpha value is -1.26. The molecule has 1 aliphatic heterocycles. The Bertz CT molecular complexity index is 281. The van der Waals surface area contributed by atoms with Crippen molar-refractivity contribution in [1.29, 1.82) is 0 Å². The molecule has 0 saturated carbocycles. The van der Waals surface area contributed by atoms with Gasteiger partial charge in [0, 0.05) is 19.6 Å². The molecule has 1 N–H and O–H groups in total. The van der Waals surface area contributed by atoms with Crippen LogP contribution in [0.1, 0.15) is 39.5 Å². The lowest BCUT2D eigenvalue weighted by atomic mass is 10.0. The maximum Gasteiger partial charge on any atom is 0.326 e. The number of carboxylic acid groups (broad SMARTS) is 1. The average molecular weight is 242 g/mol. The van der Waals surface area contributed by atoms with Crippen LogP contribution in [0.15, 0.2) is 0 Å². The maximum atomic E-state index is 12.2. The molecule has 5 heteroatoms. The second kappa shape index (κ2) is 6.47. The van der Waals surface area contributed by atoms with Crippen LogP contribution in [0, 0.1) is 0 Å². The zero-order valence-corrected chi connectivity index (χ0v) is 10.7. The Kier molecular flexibility index (Phi) is 5.25. The van der Waals surface area contributed by atoms with Crippen molar-refractivity contribution in [2.45, 2.75) is 45.6 Å². The highest BCUT2D eigenvalue weighted by atomic mass is 16.4. The fourth-order valence-corrected chi connectivity index (χ4v) is 2.26. The molecule has 2 amide bonds. The van der Waals surface area contributed by atoms with Crippen molar-refractivity contribution in [3.05, 3.63) is 0 Å².